The lowest BCUT2D eigenvalue weighted by atomic mass is 10.1. The summed E-state index contributed by atoms with van der Waals surface area (Å²) >= 11 is 5.99. The summed E-state index contributed by atoms with van der Waals surface area (Å²) in [5.41, 5.74) is 2.00. The van der Waals surface area contributed by atoms with Gasteiger partial charge in [-0.15, -0.1) is 0 Å². The van der Waals surface area contributed by atoms with Crippen LogP contribution in [0.1, 0.15) is 22.8 Å². The van der Waals surface area contributed by atoms with Crippen LogP contribution in [0.4, 0.5) is 5.69 Å². The van der Waals surface area contributed by atoms with Crippen molar-refractivity contribution in [3.8, 4) is 5.75 Å². The van der Waals surface area contributed by atoms with Crippen LogP contribution in [0.2, 0.25) is 5.02 Å². The first-order valence-corrected chi connectivity index (χ1v) is 7.85. The number of carbonyl (C=O) groups is 2. The molecule has 6 heteroatoms. The minimum atomic E-state index is -0.205. The maximum Gasteiger partial charge on any atom is 0.251 e. The zero-order chi connectivity index (χ0) is 17.5. The Labute approximate surface area is 146 Å². The summed E-state index contributed by atoms with van der Waals surface area (Å²) in [6, 6.07) is 12.2. The second kappa shape index (κ2) is 8.36. The van der Waals surface area contributed by atoms with Gasteiger partial charge in [0.15, 0.2) is 0 Å². The first-order valence-electron chi connectivity index (χ1n) is 7.48. The van der Waals surface area contributed by atoms with Crippen LogP contribution in [0, 0.1) is 0 Å². The average Bonchev–Trinajstić information content (AvgIpc) is 2.54. The number of anilines is 1. The standard InChI is InChI=1S/C18H19ClN2O3/c1-12(22)21-16-5-3-4-14(11-16)18(23)20-9-8-13-10-15(19)6-7-17(13)24-2/h3-7,10-11H,8-9H2,1-2H3,(H,20,23)(H,21,22). The van der Waals surface area contributed by atoms with Crippen molar-refractivity contribution in [1.29, 1.82) is 0 Å². The van der Waals surface area contributed by atoms with E-state index in [9.17, 15) is 9.59 Å². The van der Waals surface area contributed by atoms with Crippen LogP contribution < -0.4 is 15.4 Å². The van der Waals surface area contributed by atoms with Crippen molar-refractivity contribution in [2.45, 2.75) is 13.3 Å². The molecule has 2 aromatic carbocycles. The number of hydrogen-bond acceptors (Lipinski definition) is 3. The van der Waals surface area contributed by atoms with Gasteiger partial charge in [0.1, 0.15) is 5.75 Å². The highest BCUT2D eigenvalue weighted by molar-refractivity contribution is 6.30. The maximum atomic E-state index is 12.2. The van der Waals surface area contributed by atoms with Crippen LogP contribution in [0.5, 0.6) is 5.75 Å². The monoisotopic (exact) mass is 346 g/mol. The molecule has 0 spiro atoms. The summed E-state index contributed by atoms with van der Waals surface area (Å²) in [6.07, 6.45) is 0.598. The molecule has 5 nitrogen and oxygen atoms in total. The van der Waals surface area contributed by atoms with E-state index >= 15 is 0 Å². The third-order valence-corrected chi connectivity index (χ3v) is 3.60. The lowest BCUT2D eigenvalue weighted by Crippen LogP contribution is -2.25. The summed E-state index contributed by atoms with van der Waals surface area (Å²) in [6.45, 7) is 1.87. The molecular formula is C18H19ClN2O3. The number of hydrogen-bond donors (Lipinski definition) is 2. The van der Waals surface area contributed by atoms with Crippen molar-refractivity contribution < 1.29 is 14.3 Å². The fraction of sp³-hybridized carbons (Fsp3) is 0.222. The summed E-state index contributed by atoms with van der Waals surface area (Å²) in [7, 11) is 1.60. The molecule has 0 saturated carbocycles. The van der Waals surface area contributed by atoms with Gasteiger partial charge in [-0.25, -0.2) is 0 Å². The van der Waals surface area contributed by atoms with Crippen LogP contribution in [0.25, 0.3) is 0 Å². The van der Waals surface area contributed by atoms with Crippen LogP contribution in [-0.2, 0) is 11.2 Å². The average molecular weight is 347 g/mol. The molecule has 0 bridgehead atoms. The third-order valence-electron chi connectivity index (χ3n) is 3.37. The highest BCUT2D eigenvalue weighted by Gasteiger charge is 2.08. The van der Waals surface area contributed by atoms with Crippen LogP contribution in [0.3, 0.4) is 0 Å². The van der Waals surface area contributed by atoms with Crippen LogP contribution >= 0.6 is 11.6 Å². The van der Waals surface area contributed by atoms with Gasteiger partial charge < -0.3 is 15.4 Å². The number of carbonyl (C=O) groups excluding carboxylic acids is 2. The minimum Gasteiger partial charge on any atom is -0.496 e. The normalized spacial score (nSPS) is 10.1. The molecule has 0 radical (unpaired) electrons. The number of ether oxygens (including phenoxy) is 1. The molecule has 0 aliphatic rings. The fourth-order valence-electron chi connectivity index (χ4n) is 2.30. The van der Waals surface area contributed by atoms with E-state index in [-0.39, 0.29) is 11.8 Å². The Morgan fingerprint density at radius 1 is 1.17 bits per heavy atom. The lowest BCUT2D eigenvalue weighted by Gasteiger charge is -2.10. The summed E-state index contributed by atoms with van der Waals surface area (Å²) in [5.74, 6) is 0.352. The molecule has 0 unspecified atom stereocenters. The van der Waals surface area contributed by atoms with Crippen molar-refractivity contribution in [3.63, 3.8) is 0 Å². The number of methoxy groups -OCH3 is 1. The third kappa shape index (κ3) is 4.99. The van der Waals surface area contributed by atoms with Gasteiger partial charge in [-0.3, -0.25) is 9.59 Å². The quantitative estimate of drug-likeness (QED) is 0.843. The van der Waals surface area contributed by atoms with Crippen LogP contribution in [-0.4, -0.2) is 25.5 Å². The molecule has 0 aliphatic heterocycles. The van der Waals surface area contributed by atoms with E-state index in [0.29, 0.717) is 29.2 Å². The van der Waals surface area contributed by atoms with Gasteiger partial charge in [0.2, 0.25) is 5.91 Å². The summed E-state index contributed by atoms with van der Waals surface area (Å²) < 4.78 is 5.28. The first-order chi connectivity index (χ1) is 11.5. The Kier molecular flexibility index (Phi) is 6.21. The molecule has 2 amide bonds. The predicted octanol–water partition coefficient (Wildman–Crippen LogP) is 3.28. The first kappa shape index (κ1) is 17.8. The molecule has 126 valence electrons. The largest absolute Gasteiger partial charge is 0.496 e. The number of rotatable bonds is 6. The number of benzene rings is 2. The number of nitrogens with one attached hydrogen (secondary N) is 2. The Bertz CT molecular complexity index is 747. The second-order valence-electron chi connectivity index (χ2n) is 5.22. The smallest absolute Gasteiger partial charge is 0.251 e. The van der Waals surface area contributed by atoms with E-state index < -0.39 is 0 Å². The maximum absolute atomic E-state index is 12.2. The molecular weight excluding hydrogens is 328 g/mol. The lowest BCUT2D eigenvalue weighted by molar-refractivity contribution is -0.114. The van der Waals surface area contributed by atoms with Gasteiger partial charge in [-0.2, -0.15) is 0 Å². The molecule has 2 N–H and O–H groups in total. The van der Waals surface area contributed by atoms with Gasteiger partial charge in [0, 0.05) is 29.7 Å². The topological polar surface area (TPSA) is 67.4 Å². The second-order valence-corrected chi connectivity index (χ2v) is 5.66. The Morgan fingerprint density at radius 3 is 2.67 bits per heavy atom. The zero-order valence-electron chi connectivity index (χ0n) is 13.6. The van der Waals surface area contributed by atoms with E-state index in [1.807, 2.05) is 6.07 Å². The molecule has 0 heterocycles. The molecule has 24 heavy (non-hydrogen) atoms. The van der Waals surface area contributed by atoms with Crippen molar-refractivity contribution >= 4 is 29.1 Å². The SMILES string of the molecule is COc1ccc(Cl)cc1CCNC(=O)c1cccc(NC(C)=O)c1. The van der Waals surface area contributed by atoms with Crippen molar-refractivity contribution in [2.24, 2.45) is 0 Å². The van der Waals surface area contributed by atoms with Gasteiger partial charge in [0.25, 0.3) is 5.91 Å². The van der Waals surface area contributed by atoms with E-state index in [4.69, 9.17) is 16.3 Å². The van der Waals surface area contributed by atoms with Crippen LogP contribution in [0.15, 0.2) is 42.5 Å². The fourth-order valence-corrected chi connectivity index (χ4v) is 2.49. The highest BCUT2D eigenvalue weighted by atomic mass is 35.5. The van der Waals surface area contributed by atoms with E-state index in [1.165, 1.54) is 6.92 Å². The minimum absolute atomic E-state index is 0.180. The summed E-state index contributed by atoms with van der Waals surface area (Å²) in [4.78, 5) is 23.3. The van der Waals surface area contributed by atoms with E-state index in [1.54, 1.807) is 43.5 Å². The highest BCUT2D eigenvalue weighted by Crippen LogP contribution is 2.22. The molecule has 2 aromatic rings. The van der Waals surface area contributed by atoms with E-state index in [2.05, 4.69) is 10.6 Å². The van der Waals surface area contributed by atoms with Crippen molar-refractivity contribution in [2.75, 3.05) is 19.0 Å². The predicted molar refractivity (Wildman–Crippen MR) is 94.8 cm³/mol. The van der Waals surface area contributed by atoms with E-state index in [0.717, 1.165) is 11.3 Å². The molecule has 0 atom stereocenters. The molecule has 0 aromatic heterocycles. The summed E-state index contributed by atoms with van der Waals surface area (Å²) in [5, 5.41) is 6.13. The van der Waals surface area contributed by atoms with Crippen molar-refractivity contribution in [3.05, 3.63) is 58.6 Å². The number of halogens is 1. The molecule has 2 rings (SSSR count). The number of amides is 2. The Hall–Kier alpha value is -2.53. The molecule has 0 saturated heterocycles. The molecule has 0 aliphatic carbocycles. The Balaban J connectivity index is 1.96. The van der Waals surface area contributed by atoms with Gasteiger partial charge in [-0.05, 0) is 48.4 Å². The van der Waals surface area contributed by atoms with Gasteiger partial charge in [0.05, 0.1) is 7.11 Å². The zero-order valence-corrected chi connectivity index (χ0v) is 14.3. The molecule has 0 fully saturated rings. The Morgan fingerprint density at radius 2 is 1.96 bits per heavy atom. The van der Waals surface area contributed by atoms with Crippen molar-refractivity contribution in [1.82, 2.24) is 5.32 Å². The van der Waals surface area contributed by atoms with Gasteiger partial charge >= 0.3 is 0 Å². The van der Waals surface area contributed by atoms with Gasteiger partial charge in [-0.1, -0.05) is 17.7 Å².